The molecule has 1 amide bonds. The highest BCUT2D eigenvalue weighted by Crippen LogP contribution is 2.24. The first kappa shape index (κ1) is 20.8. The van der Waals surface area contributed by atoms with E-state index in [1.807, 2.05) is 42.5 Å². The number of amides is 1. The molecule has 1 unspecified atom stereocenters. The predicted molar refractivity (Wildman–Crippen MR) is 123 cm³/mol. The maximum Gasteiger partial charge on any atom is 0.237 e. The molecule has 160 valence electrons. The van der Waals surface area contributed by atoms with Crippen molar-refractivity contribution in [2.45, 2.75) is 39.4 Å². The van der Waals surface area contributed by atoms with E-state index in [9.17, 15) is 4.79 Å². The number of carbonyl (C=O) groups excluding carboxylic acids is 1. The number of hydrogen-bond acceptors (Lipinski definition) is 6. The number of nitrogens with one attached hydrogen (secondary N) is 3. The van der Waals surface area contributed by atoms with Gasteiger partial charge in [-0.2, -0.15) is 0 Å². The van der Waals surface area contributed by atoms with Crippen LogP contribution in [0.15, 0.2) is 60.9 Å². The van der Waals surface area contributed by atoms with Crippen molar-refractivity contribution in [3.05, 3.63) is 72.1 Å². The quantitative estimate of drug-likeness (QED) is 0.510. The molecular formula is C24H28N6O. The highest BCUT2D eigenvalue weighted by Gasteiger charge is 2.30. The fraction of sp³-hybridized carbons (Fsp3) is 0.292. The average Bonchev–Trinajstić information content (AvgIpc) is 3.20. The standard InChI is InChI=1S/C23H24N6O.CH4/c30-23-20-8-3-9-29(20)14-17-5-2-7-19(11-17)28-22-12-21(25-15-26-22)27-18-6-1-4-16(10-18)13-24-23;/h1-2,4-7,10-12,15,20H,3,8-9,13-14H2,(H,24,30)(H2,25,26,27,28);1H4. The molecule has 1 aromatic heterocycles. The second-order valence-electron chi connectivity index (χ2n) is 7.79. The molecule has 1 saturated heterocycles. The SMILES string of the molecule is C.O=C1NCc2cccc(c2)Nc2cc(ncn2)Nc2cccc(c2)CN2CCCC12. The second kappa shape index (κ2) is 9.14. The Kier molecular flexibility index (Phi) is 6.13. The fourth-order valence-corrected chi connectivity index (χ4v) is 4.15. The van der Waals surface area contributed by atoms with Crippen molar-refractivity contribution < 1.29 is 4.79 Å². The Hall–Kier alpha value is -3.45. The molecule has 2 aliphatic rings. The number of nitrogens with zero attached hydrogens (tertiary/aromatic N) is 3. The third-order valence-corrected chi connectivity index (χ3v) is 5.58. The van der Waals surface area contributed by atoms with Crippen molar-refractivity contribution in [1.82, 2.24) is 20.2 Å². The minimum atomic E-state index is -0.0838. The first-order valence-corrected chi connectivity index (χ1v) is 10.3. The molecule has 3 heterocycles. The molecule has 2 aliphatic heterocycles. The van der Waals surface area contributed by atoms with E-state index in [0.717, 1.165) is 48.7 Å². The van der Waals surface area contributed by atoms with Gasteiger partial charge in [0, 0.05) is 30.5 Å². The normalized spacial score (nSPS) is 18.5. The van der Waals surface area contributed by atoms with Crippen molar-refractivity contribution in [2.75, 3.05) is 17.2 Å². The van der Waals surface area contributed by atoms with Gasteiger partial charge in [-0.15, -0.1) is 0 Å². The monoisotopic (exact) mass is 416 g/mol. The summed E-state index contributed by atoms with van der Waals surface area (Å²) in [5.41, 5.74) is 4.09. The highest BCUT2D eigenvalue weighted by molar-refractivity contribution is 5.82. The van der Waals surface area contributed by atoms with Crippen molar-refractivity contribution in [1.29, 1.82) is 0 Å². The first-order valence-electron chi connectivity index (χ1n) is 10.3. The smallest absolute Gasteiger partial charge is 0.237 e. The molecule has 3 N–H and O–H groups in total. The maximum absolute atomic E-state index is 12.9. The van der Waals surface area contributed by atoms with Gasteiger partial charge in [0.05, 0.1) is 6.04 Å². The van der Waals surface area contributed by atoms with E-state index in [2.05, 4.69) is 43.0 Å². The molecule has 0 spiro atoms. The molecule has 7 nitrogen and oxygen atoms in total. The minimum Gasteiger partial charge on any atom is -0.351 e. The van der Waals surface area contributed by atoms with Gasteiger partial charge in [0.1, 0.15) is 18.0 Å². The van der Waals surface area contributed by atoms with Crippen molar-refractivity contribution in [3.8, 4) is 0 Å². The lowest BCUT2D eigenvalue weighted by Crippen LogP contribution is -2.42. The van der Waals surface area contributed by atoms with E-state index in [-0.39, 0.29) is 19.4 Å². The van der Waals surface area contributed by atoms with Gasteiger partial charge in [-0.05, 0) is 54.8 Å². The van der Waals surface area contributed by atoms with Crippen LogP contribution in [0, 0.1) is 0 Å². The molecule has 6 bridgehead atoms. The predicted octanol–water partition coefficient (Wildman–Crippen LogP) is 4.19. The van der Waals surface area contributed by atoms with Crippen molar-refractivity contribution in [2.24, 2.45) is 0 Å². The molecule has 2 aromatic carbocycles. The van der Waals surface area contributed by atoms with Crippen LogP contribution in [0.4, 0.5) is 23.0 Å². The van der Waals surface area contributed by atoms with E-state index in [1.165, 1.54) is 5.56 Å². The average molecular weight is 417 g/mol. The van der Waals surface area contributed by atoms with Crippen LogP contribution in [0.2, 0.25) is 0 Å². The Labute approximate surface area is 182 Å². The second-order valence-corrected chi connectivity index (χ2v) is 7.79. The van der Waals surface area contributed by atoms with Crippen LogP contribution in [0.1, 0.15) is 31.4 Å². The minimum absolute atomic E-state index is 0. The highest BCUT2D eigenvalue weighted by atomic mass is 16.2. The van der Waals surface area contributed by atoms with Crippen molar-refractivity contribution in [3.63, 3.8) is 0 Å². The summed E-state index contributed by atoms with van der Waals surface area (Å²) in [5.74, 6) is 1.53. The van der Waals surface area contributed by atoms with E-state index >= 15 is 0 Å². The van der Waals surface area contributed by atoms with Crippen LogP contribution in [0.3, 0.4) is 0 Å². The summed E-state index contributed by atoms with van der Waals surface area (Å²) in [7, 11) is 0. The Balaban J connectivity index is 0.00000231. The zero-order valence-electron chi connectivity index (χ0n) is 16.6. The van der Waals surface area contributed by atoms with Gasteiger partial charge < -0.3 is 16.0 Å². The summed E-state index contributed by atoms with van der Waals surface area (Å²) in [6.45, 7) is 2.19. The number of aromatic nitrogens is 2. The molecule has 0 radical (unpaired) electrons. The van der Waals surface area contributed by atoms with E-state index in [1.54, 1.807) is 6.33 Å². The largest absolute Gasteiger partial charge is 0.351 e. The lowest BCUT2D eigenvalue weighted by atomic mass is 10.1. The van der Waals surface area contributed by atoms with E-state index in [0.29, 0.717) is 12.4 Å². The molecule has 0 aliphatic carbocycles. The fourth-order valence-electron chi connectivity index (χ4n) is 4.15. The van der Waals surface area contributed by atoms with E-state index in [4.69, 9.17) is 0 Å². The van der Waals surface area contributed by atoms with Crippen LogP contribution in [-0.4, -0.2) is 33.4 Å². The number of hydrogen-bond donors (Lipinski definition) is 3. The molecule has 5 rings (SSSR count). The van der Waals surface area contributed by atoms with Gasteiger partial charge in [0.15, 0.2) is 0 Å². The maximum atomic E-state index is 12.9. The molecule has 7 heteroatoms. The summed E-state index contributed by atoms with van der Waals surface area (Å²) in [6.07, 6.45) is 3.48. The van der Waals surface area contributed by atoms with Gasteiger partial charge in [0.25, 0.3) is 0 Å². The molecule has 0 saturated carbocycles. The molecule has 3 aromatic rings. The number of benzene rings is 2. The number of carbonyl (C=O) groups is 1. The molecule has 1 fully saturated rings. The third-order valence-electron chi connectivity index (χ3n) is 5.58. The Morgan fingerprint density at radius 3 is 2.32 bits per heavy atom. The number of fused-ring (bicyclic) bond motifs is 7. The van der Waals surface area contributed by atoms with E-state index < -0.39 is 0 Å². The van der Waals surface area contributed by atoms with Crippen LogP contribution >= 0.6 is 0 Å². The Bertz CT molecular complexity index is 1070. The van der Waals surface area contributed by atoms with Gasteiger partial charge in [-0.25, -0.2) is 9.97 Å². The zero-order chi connectivity index (χ0) is 20.3. The molecule has 31 heavy (non-hydrogen) atoms. The van der Waals surface area contributed by atoms with Gasteiger partial charge in [-0.3, -0.25) is 9.69 Å². The summed E-state index contributed by atoms with van der Waals surface area (Å²) in [6, 6.07) is 18.1. The lowest BCUT2D eigenvalue weighted by molar-refractivity contribution is -0.125. The topological polar surface area (TPSA) is 82.2 Å². The van der Waals surface area contributed by atoms with Gasteiger partial charge >= 0.3 is 0 Å². The third kappa shape index (κ3) is 4.83. The van der Waals surface area contributed by atoms with Crippen LogP contribution < -0.4 is 16.0 Å². The number of rotatable bonds is 0. The Morgan fingerprint density at radius 1 is 0.903 bits per heavy atom. The summed E-state index contributed by atoms with van der Waals surface area (Å²) in [4.78, 5) is 23.8. The van der Waals surface area contributed by atoms with Crippen LogP contribution in [0.25, 0.3) is 0 Å². The van der Waals surface area contributed by atoms with Crippen molar-refractivity contribution >= 4 is 28.9 Å². The summed E-state index contributed by atoms with van der Waals surface area (Å²) >= 11 is 0. The lowest BCUT2D eigenvalue weighted by Gasteiger charge is -2.24. The molecular weight excluding hydrogens is 388 g/mol. The molecule has 1 atom stereocenters. The first-order chi connectivity index (χ1) is 14.7. The zero-order valence-corrected chi connectivity index (χ0v) is 16.6. The van der Waals surface area contributed by atoms with Crippen LogP contribution in [0.5, 0.6) is 0 Å². The Morgan fingerprint density at radius 2 is 1.58 bits per heavy atom. The van der Waals surface area contributed by atoms with Gasteiger partial charge in [-0.1, -0.05) is 31.7 Å². The van der Waals surface area contributed by atoms with Crippen LogP contribution in [-0.2, 0) is 17.9 Å². The summed E-state index contributed by atoms with van der Waals surface area (Å²) in [5, 5.41) is 9.81. The van der Waals surface area contributed by atoms with Gasteiger partial charge in [0.2, 0.25) is 5.91 Å². The summed E-state index contributed by atoms with van der Waals surface area (Å²) < 4.78 is 0. The number of anilines is 4.